The van der Waals surface area contributed by atoms with Crippen LogP contribution in [-0.4, -0.2) is 46.8 Å². The van der Waals surface area contributed by atoms with Gasteiger partial charge < -0.3 is 14.8 Å². The molecule has 3 rings (SSSR count). The van der Waals surface area contributed by atoms with Crippen molar-refractivity contribution in [1.82, 2.24) is 4.90 Å². The molecule has 1 aromatic carbocycles. The summed E-state index contributed by atoms with van der Waals surface area (Å²) in [6.45, 7) is 4.73. The number of carboxylic acids is 1. The second-order valence-corrected chi connectivity index (χ2v) is 7.40. The quantitative estimate of drug-likeness (QED) is 0.877. The fraction of sp³-hybridized carbons (Fsp3) is 0.550. The lowest BCUT2D eigenvalue weighted by atomic mass is 9.74. The zero-order valence-corrected chi connectivity index (χ0v) is 15.4. The Labute approximate surface area is 153 Å². The predicted octanol–water partition coefficient (Wildman–Crippen LogP) is 2.98. The minimum atomic E-state index is -0.952. The summed E-state index contributed by atoms with van der Waals surface area (Å²) in [6, 6.07) is 8.07. The molecule has 1 saturated heterocycles. The molecule has 0 aromatic heterocycles. The second kappa shape index (κ2) is 7.48. The summed E-state index contributed by atoms with van der Waals surface area (Å²) in [6.07, 6.45) is 2.37. The van der Waals surface area contributed by atoms with Gasteiger partial charge in [-0.15, -0.1) is 0 Å². The Hall–Kier alpha value is -2.37. The Morgan fingerprint density at radius 2 is 2.08 bits per heavy atom. The van der Waals surface area contributed by atoms with E-state index in [9.17, 15) is 14.7 Å². The first kappa shape index (κ1) is 18.4. The number of amides is 1. The van der Waals surface area contributed by atoms with Crippen molar-refractivity contribution in [3.05, 3.63) is 35.4 Å². The van der Waals surface area contributed by atoms with Crippen molar-refractivity contribution in [1.29, 1.82) is 0 Å². The lowest BCUT2D eigenvalue weighted by Crippen LogP contribution is -2.51. The van der Waals surface area contributed by atoms with Gasteiger partial charge in [-0.05, 0) is 25.3 Å². The summed E-state index contributed by atoms with van der Waals surface area (Å²) in [5, 5.41) is 14.1. The van der Waals surface area contributed by atoms with E-state index in [0.29, 0.717) is 38.6 Å². The number of carboxylic acid groups (broad SMARTS) is 1. The zero-order valence-electron chi connectivity index (χ0n) is 15.4. The average Bonchev–Trinajstić information content (AvgIpc) is 3.10. The third kappa shape index (κ3) is 3.74. The Bertz CT molecular complexity index is 713. The van der Waals surface area contributed by atoms with Crippen LogP contribution in [0.1, 0.15) is 50.2 Å². The van der Waals surface area contributed by atoms with Crippen LogP contribution >= 0.6 is 0 Å². The number of carbonyl (C=O) groups excluding carboxylic acids is 1. The number of nitrogens with zero attached hydrogens (tertiary/aromatic N) is 2. The van der Waals surface area contributed by atoms with Crippen molar-refractivity contribution in [3.63, 3.8) is 0 Å². The first-order chi connectivity index (χ1) is 12.4. The van der Waals surface area contributed by atoms with Crippen molar-refractivity contribution in [2.24, 2.45) is 10.6 Å². The Kier molecular flexibility index (Phi) is 5.30. The molecule has 2 aliphatic heterocycles. The maximum absolute atomic E-state index is 12.1. The van der Waals surface area contributed by atoms with Gasteiger partial charge in [-0.1, -0.05) is 41.9 Å². The van der Waals surface area contributed by atoms with Crippen LogP contribution < -0.4 is 0 Å². The molecule has 6 heteroatoms. The third-order valence-corrected chi connectivity index (χ3v) is 5.42. The normalized spacial score (nSPS) is 25.5. The van der Waals surface area contributed by atoms with Crippen LogP contribution in [0.4, 0.5) is 0 Å². The summed E-state index contributed by atoms with van der Waals surface area (Å²) < 4.78 is 0. The molecule has 1 aromatic rings. The molecule has 1 fully saturated rings. The molecule has 0 unspecified atom stereocenters. The van der Waals surface area contributed by atoms with Crippen LogP contribution in [-0.2, 0) is 14.4 Å². The standard InChI is InChI=1S/C20H26N2O4/c1-3-18(23)22-10-4-9-20(13-22,19(24)25)12-16-11-17(21-26-16)15-7-5-14(2)6-8-15/h5-8,16H,3-4,9-13H2,1-2H3,(H,24,25)/t16-,20+/m1/s1. The molecule has 26 heavy (non-hydrogen) atoms. The van der Waals surface area contributed by atoms with Gasteiger partial charge in [0.25, 0.3) is 0 Å². The fourth-order valence-electron chi connectivity index (χ4n) is 3.89. The summed E-state index contributed by atoms with van der Waals surface area (Å²) in [5.41, 5.74) is 2.09. The number of aryl methyl sites for hydroxylation is 1. The molecular weight excluding hydrogens is 332 g/mol. The van der Waals surface area contributed by atoms with E-state index in [1.165, 1.54) is 5.56 Å². The minimum absolute atomic E-state index is 0.0132. The Balaban J connectivity index is 1.69. The first-order valence-electron chi connectivity index (χ1n) is 9.24. The van der Waals surface area contributed by atoms with Gasteiger partial charge in [0, 0.05) is 32.4 Å². The van der Waals surface area contributed by atoms with Gasteiger partial charge in [0.05, 0.1) is 11.1 Å². The summed E-state index contributed by atoms with van der Waals surface area (Å²) in [7, 11) is 0. The maximum atomic E-state index is 12.1. The van der Waals surface area contributed by atoms with Gasteiger partial charge in [0.1, 0.15) is 6.10 Å². The lowest BCUT2D eigenvalue weighted by Gasteiger charge is -2.40. The van der Waals surface area contributed by atoms with E-state index in [1.54, 1.807) is 11.8 Å². The average molecular weight is 358 g/mol. The molecule has 0 saturated carbocycles. The molecule has 0 radical (unpaired) electrons. The topological polar surface area (TPSA) is 79.2 Å². The fourth-order valence-corrected chi connectivity index (χ4v) is 3.89. The molecule has 2 aliphatic rings. The number of likely N-dealkylation sites (tertiary alicyclic amines) is 1. The number of benzene rings is 1. The van der Waals surface area contributed by atoms with Crippen molar-refractivity contribution in [3.8, 4) is 0 Å². The Morgan fingerprint density at radius 3 is 2.73 bits per heavy atom. The largest absolute Gasteiger partial charge is 0.481 e. The molecule has 0 spiro atoms. The molecule has 2 heterocycles. The minimum Gasteiger partial charge on any atom is -0.481 e. The van der Waals surface area contributed by atoms with E-state index in [2.05, 4.69) is 5.16 Å². The number of hydrogen-bond acceptors (Lipinski definition) is 4. The van der Waals surface area contributed by atoms with E-state index in [-0.39, 0.29) is 18.6 Å². The van der Waals surface area contributed by atoms with Crippen molar-refractivity contribution < 1.29 is 19.5 Å². The van der Waals surface area contributed by atoms with Crippen LogP contribution in [0.5, 0.6) is 0 Å². The maximum Gasteiger partial charge on any atom is 0.311 e. The molecule has 1 amide bonds. The highest BCUT2D eigenvalue weighted by Crippen LogP contribution is 2.38. The monoisotopic (exact) mass is 358 g/mol. The highest BCUT2D eigenvalue weighted by molar-refractivity contribution is 6.01. The molecule has 0 aliphatic carbocycles. The highest BCUT2D eigenvalue weighted by atomic mass is 16.6. The number of aliphatic carboxylic acids is 1. The predicted molar refractivity (Wildman–Crippen MR) is 98.0 cm³/mol. The number of carbonyl (C=O) groups is 2. The molecule has 1 N–H and O–H groups in total. The first-order valence-corrected chi connectivity index (χ1v) is 9.24. The zero-order chi connectivity index (χ0) is 18.7. The van der Waals surface area contributed by atoms with Crippen LogP contribution in [0, 0.1) is 12.3 Å². The number of piperidine rings is 1. The third-order valence-electron chi connectivity index (χ3n) is 5.42. The van der Waals surface area contributed by atoms with Crippen LogP contribution in [0.15, 0.2) is 29.4 Å². The van der Waals surface area contributed by atoms with Gasteiger partial charge in [0.2, 0.25) is 5.91 Å². The Morgan fingerprint density at radius 1 is 1.35 bits per heavy atom. The van der Waals surface area contributed by atoms with E-state index in [4.69, 9.17) is 4.84 Å². The summed E-state index contributed by atoms with van der Waals surface area (Å²) >= 11 is 0. The van der Waals surface area contributed by atoms with Gasteiger partial charge in [-0.25, -0.2) is 0 Å². The van der Waals surface area contributed by atoms with Crippen molar-refractivity contribution >= 4 is 17.6 Å². The highest BCUT2D eigenvalue weighted by Gasteiger charge is 2.46. The van der Waals surface area contributed by atoms with Gasteiger partial charge in [-0.3, -0.25) is 9.59 Å². The van der Waals surface area contributed by atoms with Crippen LogP contribution in [0.25, 0.3) is 0 Å². The van der Waals surface area contributed by atoms with Crippen LogP contribution in [0.3, 0.4) is 0 Å². The van der Waals surface area contributed by atoms with Gasteiger partial charge >= 0.3 is 5.97 Å². The van der Waals surface area contributed by atoms with E-state index >= 15 is 0 Å². The smallest absolute Gasteiger partial charge is 0.311 e. The van der Waals surface area contributed by atoms with Crippen molar-refractivity contribution in [2.75, 3.05) is 13.1 Å². The summed E-state index contributed by atoms with van der Waals surface area (Å²) in [5.74, 6) is -0.835. The van der Waals surface area contributed by atoms with Crippen LogP contribution in [0.2, 0.25) is 0 Å². The molecule has 2 atom stereocenters. The van der Waals surface area contributed by atoms with Crippen molar-refractivity contribution in [2.45, 2.75) is 52.1 Å². The molecule has 0 bridgehead atoms. The second-order valence-electron chi connectivity index (χ2n) is 7.40. The van der Waals surface area contributed by atoms with E-state index < -0.39 is 11.4 Å². The number of rotatable bonds is 5. The lowest BCUT2D eigenvalue weighted by molar-refractivity contribution is -0.158. The van der Waals surface area contributed by atoms with E-state index in [1.807, 2.05) is 31.2 Å². The molecule has 140 valence electrons. The van der Waals surface area contributed by atoms with Gasteiger partial charge in [0.15, 0.2) is 0 Å². The molecular formula is C20H26N2O4. The number of oxime groups is 1. The molecule has 6 nitrogen and oxygen atoms in total. The van der Waals surface area contributed by atoms with Gasteiger partial charge in [-0.2, -0.15) is 0 Å². The summed E-state index contributed by atoms with van der Waals surface area (Å²) in [4.78, 5) is 31.4. The van der Waals surface area contributed by atoms with E-state index in [0.717, 1.165) is 11.3 Å². The SMILES string of the molecule is CCC(=O)N1CCC[C@@](C[C@H]2CC(c3ccc(C)cc3)=NO2)(C(=O)O)C1. The number of hydrogen-bond donors (Lipinski definition) is 1.